The number of thiophene rings is 1. The van der Waals surface area contributed by atoms with Crippen molar-refractivity contribution >= 4 is 37.2 Å². The van der Waals surface area contributed by atoms with Crippen LogP contribution < -0.4 is 9.69 Å². The molecule has 0 saturated heterocycles. The molecule has 0 aliphatic carbocycles. The maximum Gasteiger partial charge on any atom is 0.0903 e. The predicted octanol–water partition coefficient (Wildman–Crippen LogP) is 2.84. The second-order valence-corrected chi connectivity index (χ2v) is 17.1. The van der Waals surface area contributed by atoms with Gasteiger partial charge in [-0.15, -0.1) is 0 Å². The van der Waals surface area contributed by atoms with E-state index in [0.29, 0.717) is 0 Å². The van der Waals surface area contributed by atoms with Crippen LogP contribution in [0.15, 0.2) is 11.4 Å². The normalized spacial score (nSPS) is 13.4. The molecule has 0 spiro atoms. The van der Waals surface area contributed by atoms with Gasteiger partial charge in [-0.2, -0.15) is 11.3 Å². The lowest BCUT2D eigenvalue weighted by molar-refractivity contribution is 1.75. The van der Waals surface area contributed by atoms with Gasteiger partial charge in [0.1, 0.15) is 0 Å². The Morgan fingerprint density at radius 3 is 1.69 bits per heavy atom. The molecule has 1 heterocycles. The van der Waals surface area contributed by atoms with E-state index >= 15 is 0 Å². The minimum atomic E-state index is -1.06. The van der Waals surface area contributed by atoms with Crippen molar-refractivity contribution in [2.24, 2.45) is 0 Å². The van der Waals surface area contributed by atoms with E-state index in [1.54, 1.807) is 9.69 Å². The highest BCUT2D eigenvalue weighted by Gasteiger charge is 2.23. The topological polar surface area (TPSA) is 0 Å². The molecule has 0 bridgehead atoms. The van der Waals surface area contributed by atoms with Crippen LogP contribution >= 0.6 is 11.3 Å². The van der Waals surface area contributed by atoms with Gasteiger partial charge in [-0.3, -0.25) is 0 Å². The molecule has 0 saturated carbocycles. The van der Waals surface area contributed by atoms with Crippen LogP contribution in [0.4, 0.5) is 0 Å². The van der Waals surface area contributed by atoms with Gasteiger partial charge in [-0.05, 0) is 15.1 Å². The molecule has 0 amide bonds. The Balaban J connectivity index is 3.01. The number of hydrogen-bond acceptors (Lipinski definition) is 1. The summed E-state index contributed by atoms with van der Waals surface area (Å²) >= 11 is 1.98. The van der Waals surface area contributed by atoms with E-state index in [-0.39, 0.29) is 0 Å². The molecule has 1 rings (SSSR count). The van der Waals surface area contributed by atoms with Crippen LogP contribution in [-0.2, 0) is 0 Å². The van der Waals surface area contributed by atoms with Crippen molar-refractivity contribution in [2.75, 3.05) is 0 Å². The molecule has 3 heteroatoms. The Morgan fingerprint density at radius 2 is 1.46 bits per heavy atom. The molecule has 0 nitrogen and oxygen atoms in total. The highest BCUT2D eigenvalue weighted by molar-refractivity contribution is 7.26. The van der Waals surface area contributed by atoms with E-state index in [0.717, 1.165) is 0 Å². The summed E-state index contributed by atoms with van der Waals surface area (Å²) in [5.74, 6) is 0. The van der Waals surface area contributed by atoms with Crippen LogP contribution in [0.1, 0.15) is 0 Å². The molecule has 0 aromatic carbocycles. The van der Waals surface area contributed by atoms with E-state index < -0.39 is 16.1 Å². The van der Waals surface area contributed by atoms with Crippen molar-refractivity contribution < 1.29 is 0 Å². The molecule has 0 N–H and O–H groups in total. The fourth-order valence-corrected chi connectivity index (χ4v) is 6.24. The van der Waals surface area contributed by atoms with Crippen LogP contribution in [0.25, 0.3) is 0 Å². The first-order valence-corrected chi connectivity index (χ1v) is 12.7. The Hall–Kier alpha value is 0.134. The van der Waals surface area contributed by atoms with E-state index in [2.05, 4.69) is 50.7 Å². The summed E-state index contributed by atoms with van der Waals surface area (Å²) in [4.78, 5) is 0. The zero-order chi connectivity index (χ0) is 10.3. The maximum atomic E-state index is 2.48. The third-order valence-electron chi connectivity index (χ3n) is 2.20. The van der Waals surface area contributed by atoms with Gasteiger partial charge < -0.3 is 0 Å². The van der Waals surface area contributed by atoms with Crippen molar-refractivity contribution in [1.82, 2.24) is 0 Å². The summed E-state index contributed by atoms with van der Waals surface area (Å²) in [6.45, 7) is 14.5. The van der Waals surface area contributed by atoms with E-state index in [4.69, 9.17) is 0 Å². The SMILES string of the molecule is C[Si](C)(C)c1csc([Si](C)(C)C)c1. The maximum absolute atomic E-state index is 2.48. The van der Waals surface area contributed by atoms with Crippen molar-refractivity contribution in [1.29, 1.82) is 0 Å². The van der Waals surface area contributed by atoms with Crippen molar-refractivity contribution in [3.05, 3.63) is 11.4 Å². The molecule has 0 atom stereocenters. The summed E-state index contributed by atoms with van der Waals surface area (Å²) in [5.41, 5.74) is 0. The number of hydrogen-bond donors (Lipinski definition) is 0. The minimum absolute atomic E-state index is 1.05. The molecule has 0 aliphatic heterocycles. The van der Waals surface area contributed by atoms with Gasteiger partial charge in [0.15, 0.2) is 0 Å². The van der Waals surface area contributed by atoms with Crippen LogP contribution in [-0.4, -0.2) is 16.1 Å². The molecular weight excluding hydrogens is 208 g/mol. The van der Waals surface area contributed by atoms with Crippen LogP contribution in [0.2, 0.25) is 39.3 Å². The molecule has 1 aromatic rings. The van der Waals surface area contributed by atoms with E-state index in [9.17, 15) is 0 Å². The van der Waals surface area contributed by atoms with E-state index in [1.807, 2.05) is 11.3 Å². The zero-order valence-corrected chi connectivity index (χ0v) is 12.4. The van der Waals surface area contributed by atoms with E-state index in [1.165, 1.54) is 0 Å². The summed E-state index contributed by atoms with van der Waals surface area (Å²) in [7, 11) is -2.11. The average Bonchev–Trinajstić information content (AvgIpc) is 2.28. The largest absolute Gasteiger partial charge is 0.154 e. The van der Waals surface area contributed by atoms with Crippen molar-refractivity contribution in [3.8, 4) is 0 Å². The lowest BCUT2D eigenvalue weighted by Gasteiger charge is -2.15. The van der Waals surface area contributed by atoms with Gasteiger partial charge in [0.05, 0.1) is 16.1 Å². The predicted molar refractivity (Wildman–Crippen MR) is 70.3 cm³/mol. The summed E-state index contributed by atoms with van der Waals surface area (Å²) in [6, 6.07) is 2.48. The van der Waals surface area contributed by atoms with Gasteiger partial charge >= 0.3 is 0 Å². The van der Waals surface area contributed by atoms with Gasteiger partial charge in [-0.1, -0.05) is 45.3 Å². The lowest BCUT2D eigenvalue weighted by atomic mass is 10.7. The number of rotatable bonds is 2. The first kappa shape index (κ1) is 11.2. The highest BCUT2D eigenvalue weighted by atomic mass is 32.1. The molecule has 0 radical (unpaired) electrons. The molecule has 1 aromatic heterocycles. The summed E-state index contributed by atoms with van der Waals surface area (Å²) < 4.78 is 1.66. The average molecular weight is 229 g/mol. The Bertz CT molecular complexity index is 260. The van der Waals surface area contributed by atoms with Gasteiger partial charge in [0.2, 0.25) is 0 Å². The van der Waals surface area contributed by atoms with Crippen LogP contribution in [0.3, 0.4) is 0 Å². The Morgan fingerprint density at radius 1 is 0.923 bits per heavy atom. The minimum Gasteiger partial charge on any atom is -0.154 e. The third-order valence-corrected chi connectivity index (χ3v) is 8.99. The second-order valence-electron chi connectivity index (χ2n) is 5.70. The molecule has 13 heavy (non-hydrogen) atoms. The quantitative estimate of drug-likeness (QED) is 0.683. The lowest BCUT2D eigenvalue weighted by Crippen LogP contribution is -2.40. The third kappa shape index (κ3) is 2.79. The van der Waals surface area contributed by atoms with Crippen LogP contribution in [0.5, 0.6) is 0 Å². The molecule has 0 aliphatic rings. The van der Waals surface area contributed by atoms with Crippen molar-refractivity contribution in [2.45, 2.75) is 39.3 Å². The van der Waals surface area contributed by atoms with Gasteiger partial charge in [0, 0.05) is 0 Å². The monoisotopic (exact) mass is 228 g/mol. The fourth-order valence-electron chi connectivity index (χ4n) is 1.12. The standard InChI is InChI=1S/C10H20SSi2/c1-12(2,3)9-7-10(11-8-9)13(4,5)6/h7-8H,1-6H3. The Kier molecular flexibility index (Phi) is 2.90. The van der Waals surface area contributed by atoms with Gasteiger partial charge in [0.25, 0.3) is 0 Å². The Labute approximate surface area is 88.0 Å². The molecule has 0 fully saturated rings. The summed E-state index contributed by atoms with van der Waals surface area (Å²) in [5, 5.41) is 4.02. The van der Waals surface area contributed by atoms with Crippen molar-refractivity contribution in [3.63, 3.8) is 0 Å². The van der Waals surface area contributed by atoms with Crippen LogP contribution in [0, 0.1) is 0 Å². The first-order valence-electron chi connectivity index (χ1n) is 4.81. The summed E-state index contributed by atoms with van der Waals surface area (Å²) in [6.07, 6.45) is 0. The smallest absolute Gasteiger partial charge is 0.0903 e. The molecule has 0 unspecified atom stereocenters. The van der Waals surface area contributed by atoms with Gasteiger partial charge in [-0.25, -0.2) is 0 Å². The zero-order valence-electron chi connectivity index (χ0n) is 9.56. The fraction of sp³-hybridized carbons (Fsp3) is 0.600. The first-order chi connectivity index (χ1) is 5.71. The highest BCUT2D eigenvalue weighted by Crippen LogP contribution is 2.10. The molecule has 74 valence electrons. The molecular formula is C10H20SSi2. The second kappa shape index (κ2) is 3.37.